The molecule has 8 heteroatoms. The molecule has 0 aliphatic carbocycles. The predicted molar refractivity (Wildman–Crippen MR) is 135 cm³/mol. The number of benzene rings is 1. The summed E-state index contributed by atoms with van der Waals surface area (Å²) in [5.74, 6) is -0.745. The number of hydrogen-bond acceptors (Lipinski definition) is 4. The van der Waals surface area contributed by atoms with Gasteiger partial charge in [-0.15, -0.1) is 0 Å². The quantitative estimate of drug-likeness (QED) is 0.624. The van der Waals surface area contributed by atoms with E-state index in [1.54, 1.807) is 17.0 Å². The van der Waals surface area contributed by atoms with E-state index in [1.807, 2.05) is 13.8 Å². The number of piperidine rings is 1. The summed E-state index contributed by atoms with van der Waals surface area (Å²) in [7, 11) is 0. The number of likely N-dealkylation sites (tertiary alicyclic amines) is 1. The lowest BCUT2D eigenvalue weighted by Crippen LogP contribution is -2.57. The highest BCUT2D eigenvalue weighted by molar-refractivity contribution is 5.95. The van der Waals surface area contributed by atoms with E-state index in [2.05, 4.69) is 22.8 Å². The zero-order chi connectivity index (χ0) is 25.7. The smallest absolute Gasteiger partial charge is 0.256 e. The van der Waals surface area contributed by atoms with Crippen molar-refractivity contribution in [2.24, 2.45) is 17.3 Å². The SMILES string of the molecule is CC(C)C[C@H]1NC(=O)C2(C/C=C/C[C@@H]3COCC[C@@H]3NC1=O)CCN(C(=O)c1ccccc1F)CC2. The summed E-state index contributed by atoms with van der Waals surface area (Å²) in [6, 6.07) is 5.40. The van der Waals surface area contributed by atoms with E-state index in [0.717, 1.165) is 12.8 Å². The van der Waals surface area contributed by atoms with Crippen molar-refractivity contribution in [3.63, 3.8) is 0 Å². The molecule has 36 heavy (non-hydrogen) atoms. The van der Waals surface area contributed by atoms with Gasteiger partial charge in [-0.1, -0.05) is 38.1 Å². The fourth-order valence-electron chi connectivity index (χ4n) is 5.56. The summed E-state index contributed by atoms with van der Waals surface area (Å²) in [4.78, 5) is 41.6. The van der Waals surface area contributed by atoms with Gasteiger partial charge in [-0.25, -0.2) is 4.39 Å². The molecule has 196 valence electrons. The lowest BCUT2D eigenvalue weighted by atomic mass is 9.74. The molecule has 0 bridgehead atoms. The minimum atomic E-state index is -0.723. The first kappa shape index (κ1) is 26.3. The van der Waals surface area contributed by atoms with Crippen LogP contribution in [-0.4, -0.2) is 61.0 Å². The van der Waals surface area contributed by atoms with E-state index in [1.165, 1.54) is 12.1 Å². The summed E-state index contributed by atoms with van der Waals surface area (Å²) in [6.07, 6.45) is 7.70. The molecular weight excluding hydrogens is 461 g/mol. The molecule has 0 aromatic heterocycles. The number of carbonyl (C=O) groups is 3. The highest BCUT2D eigenvalue weighted by atomic mass is 19.1. The van der Waals surface area contributed by atoms with Crippen LogP contribution in [0.4, 0.5) is 4.39 Å². The number of halogens is 1. The van der Waals surface area contributed by atoms with Gasteiger partial charge < -0.3 is 20.3 Å². The molecule has 3 aliphatic heterocycles. The van der Waals surface area contributed by atoms with E-state index < -0.39 is 17.3 Å². The van der Waals surface area contributed by atoms with Gasteiger partial charge in [0, 0.05) is 31.7 Å². The van der Waals surface area contributed by atoms with Crippen molar-refractivity contribution in [3.05, 3.63) is 47.8 Å². The highest BCUT2D eigenvalue weighted by Gasteiger charge is 2.43. The van der Waals surface area contributed by atoms with Crippen LogP contribution in [0.1, 0.15) is 62.7 Å². The molecule has 3 aliphatic rings. The van der Waals surface area contributed by atoms with E-state index in [4.69, 9.17) is 4.74 Å². The number of rotatable bonds is 3. The maximum absolute atomic E-state index is 14.2. The Morgan fingerprint density at radius 1 is 1.17 bits per heavy atom. The van der Waals surface area contributed by atoms with E-state index >= 15 is 0 Å². The second kappa shape index (κ2) is 11.5. The molecule has 2 fully saturated rings. The fraction of sp³-hybridized carbons (Fsp3) is 0.607. The van der Waals surface area contributed by atoms with Gasteiger partial charge in [0.15, 0.2) is 0 Å². The molecule has 3 heterocycles. The molecule has 3 amide bonds. The largest absolute Gasteiger partial charge is 0.381 e. The van der Waals surface area contributed by atoms with Crippen LogP contribution in [0.5, 0.6) is 0 Å². The predicted octanol–water partition coefficient (Wildman–Crippen LogP) is 3.45. The highest BCUT2D eigenvalue weighted by Crippen LogP contribution is 2.37. The third-order valence-electron chi connectivity index (χ3n) is 7.84. The van der Waals surface area contributed by atoms with Gasteiger partial charge in [-0.05, 0) is 56.6 Å². The number of carbonyl (C=O) groups excluding carboxylic acids is 3. The molecule has 4 rings (SSSR count). The monoisotopic (exact) mass is 499 g/mol. The zero-order valence-corrected chi connectivity index (χ0v) is 21.3. The topological polar surface area (TPSA) is 87.7 Å². The van der Waals surface area contributed by atoms with Crippen LogP contribution in [0.3, 0.4) is 0 Å². The second-order valence-corrected chi connectivity index (χ2v) is 10.9. The number of nitrogens with one attached hydrogen (secondary N) is 2. The van der Waals surface area contributed by atoms with Crippen molar-refractivity contribution in [2.75, 3.05) is 26.3 Å². The third-order valence-corrected chi connectivity index (χ3v) is 7.84. The lowest BCUT2D eigenvalue weighted by Gasteiger charge is -2.41. The van der Waals surface area contributed by atoms with Crippen molar-refractivity contribution in [2.45, 2.75) is 64.5 Å². The van der Waals surface area contributed by atoms with Gasteiger partial charge in [-0.3, -0.25) is 14.4 Å². The zero-order valence-electron chi connectivity index (χ0n) is 21.3. The van der Waals surface area contributed by atoms with E-state index in [-0.39, 0.29) is 41.2 Å². The van der Waals surface area contributed by atoms with Crippen LogP contribution in [-0.2, 0) is 14.3 Å². The first-order valence-electron chi connectivity index (χ1n) is 13.2. The molecule has 1 spiro atoms. The standard InChI is InChI=1S/C28H38FN3O4/c1-19(2)17-24-25(33)30-23-10-16-36-18-20(23)7-5-6-11-28(27(35)31-24)12-14-32(15-13-28)26(34)21-8-3-4-9-22(21)29/h3-6,8-9,19-20,23-24H,7,10-18H2,1-2H3,(H,30,33)(H,31,35)/b6-5+/t20-,23+,24-/m1/s1. The fourth-order valence-corrected chi connectivity index (χ4v) is 5.56. The minimum Gasteiger partial charge on any atom is -0.381 e. The van der Waals surface area contributed by atoms with Crippen LogP contribution in [0.25, 0.3) is 0 Å². The molecule has 3 atom stereocenters. The summed E-state index contributed by atoms with van der Waals surface area (Å²) < 4.78 is 19.9. The normalized spacial score (nSPS) is 27.9. The number of fused-ring (bicyclic) bond motifs is 1. The summed E-state index contributed by atoms with van der Waals surface area (Å²) in [5.41, 5.74) is -0.672. The molecule has 2 saturated heterocycles. The Balaban J connectivity index is 1.54. The molecule has 0 unspecified atom stereocenters. The molecule has 1 aromatic carbocycles. The van der Waals surface area contributed by atoms with Gasteiger partial charge in [0.1, 0.15) is 11.9 Å². The van der Waals surface area contributed by atoms with Crippen LogP contribution in [0.15, 0.2) is 36.4 Å². The number of hydrogen-bond donors (Lipinski definition) is 2. The lowest BCUT2D eigenvalue weighted by molar-refractivity contribution is -0.138. The molecule has 7 nitrogen and oxygen atoms in total. The van der Waals surface area contributed by atoms with E-state index in [9.17, 15) is 18.8 Å². The number of nitrogens with zero attached hydrogens (tertiary/aromatic N) is 1. The summed E-state index contributed by atoms with van der Waals surface area (Å²) in [6.45, 7) is 6.02. The maximum atomic E-state index is 14.2. The van der Waals surface area contributed by atoms with Crippen molar-refractivity contribution in [1.29, 1.82) is 0 Å². The van der Waals surface area contributed by atoms with Crippen LogP contribution >= 0.6 is 0 Å². The van der Waals surface area contributed by atoms with Gasteiger partial charge >= 0.3 is 0 Å². The Labute approximate surface area is 212 Å². The molecular formula is C28H38FN3O4. The number of allylic oxidation sites excluding steroid dienone is 2. The molecule has 0 saturated carbocycles. The van der Waals surface area contributed by atoms with Crippen molar-refractivity contribution >= 4 is 17.7 Å². The number of amides is 3. The molecule has 0 radical (unpaired) electrons. The Hall–Kier alpha value is -2.74. The summed E-state index contributed by atoms with van der Waals surface area (Å²) >= 11 is 0. The number of ether oxygens (including phenoxy) is 1. The van der Waals surface area contributed by atoms with Gasteiger partial charge in [0.2, 0.25) is 11.8 Å². The minimum absolute atomic E-state index is 0.0310. The van der Waals surface area contributed by atoms with E-state index in [0.29, 0.717) is 52.0 Å². The van der Waals surface area contributed by atoms with Crippen molar-refractivity contribution < 1.29 is 23.5 Å². The molecule has 1 aromatic rings. The first-order chi connectivity index (χ1) is 17.3. The van der Waals surface area contributed by atoms with Crippen molar-refractivity contribution in [3.8, 4) is 0 Å². The summed E-state index contributed by atoms with van der Waals surface area (Å²) in [5, 5.41) is 6.27. The van der Waals surface area contributed by atoms with Crippen LogP contribution in [0, 0.1) is 23.1 Å². The first-order valence-corrected chi connectivity index (χ1v) is 13.2. The van der Waals surface area contributed by atoms with Gasteiger partial charge in [0.05, 0.1) is 17.6 Å². The Kier molecular flexibility index (Phi) is 8.44. The second-order valence-electron chi connectivity index (χ2n) is 10.9. The van der Waals surface area contributed by atoms with Crippen LogP contribution < -0.4 is 10.6 Å². The Bertz CT molecular complexity index is 987. The van der Waals surface area contributed by atoms with Crippen molar-refractivity contribution in [1.82, 2.24) is 15.5 Å². The third kappa shape index (κ3) is 5.97. The maximum Gasteiger partial charge on any atom is 0.256 e. The average molecular weight is 500 g/mol. The Morgan fingerprint density at radius 2 is 1.92 bits per heavy atom. The van der Waals surface area contributed by atoms with Gasteiger partial charge in [0.25, 0.3) is 5.91 Å². The molecule has 2 N–H and O–H groups in total. The average Bonchev–Trinajstić information content (AvgIpc) is 2.86. The van der Waals surface area contributed by atoms with Crippen LogP contribution in [0.2, 0.25) is 0 Å². The Morgan fingerprint density at radius 3 is 2.64 bits per heavy atom. The van der Waals surface area contributed by atoms with Gasteiger partial charge in [-0.2, -0.15) is 0 Å².